The van der Waals surface area contributed by atoms with E-state index < -0.39 is 0 Å². The Bertz CT molecular complexity index is 361. The first-order chi connectivity index (χ1) is 12.3. The van der Waals surface area contributed by atoms with Crippen LogP contribution in [0.15, 0.2) is 4.99 Å². The molecule has 0 spiro atoms. The number of aliphatic imine (C=N–C) groups is 1. The van der Waals surface area contributed by atoms with Crippen molar-refractivity contribution in [3.8, 4) is 0 Å². The van der Waals surface area contributed by atoms with E-state index in [2.05, 4.69) is 22.5 Å². The van der Waals surface area contributed by atoms with Crippen LogP contribution in [0.5, 0.6) is 0 Å². The van der Waals surface area contributed by atoms with Gasteiger partial charge in [0.1, 0.15) is 0 Å². The Morgan fingerprint density at radius 3 is 2.52 bits per heavy atom. The van der Waals surface area contributed by atoms with Crippen LogP contribution in [0.1, 0.15) is 71.1 Å². The minimum absolute atomic E-state index is 0.0764. The van der Waals surface area contributed by atoms with Gasteiger partial charge in [0.2, 0.25) is 0 Å². The number of hydrogen-bond donors (Lipinski definition) is 3. The van der Waals surface area contributed by atoms with Crippen LogP contribution in [-0.2, 0) is 0 Å². The zero-order valence-corrected chi connectivity index (χ0v) is 16.3. The second kappa shape index (κ2) is 12.5. The predicted molar refractivity (Wildman–Crippen MR) is 106 cm³/mol. The molecule has 1 saturated carbocycles. The van der Waals surface area contributed by atoms with Gasteiger partial charge in [0, 0.05) is 32.7 Å². The molecule has 25 heavy (non-hydrogen) atoms. The molecule has 5 heteroatoms. The standard InChI is InChI=1S/C20H40N4O/c1-2-21-20(22-13-6-10-18-8-4-3-5-9-18)23-14-7-15-24-16-11-19(25)12-17-24/h18-19,25H,2-17H2,1H3,(H2,21,22,23). The first-order valence-electron chi connectivity index (χ1n) is 10.7. The molecule has 2 aliphatic rings. The summed E-state index contributed by atoms with van der Waals surface area (Å²) in [6.45, 7) is 8.10. The number of likely N-dealkylation sites (tertiary alicyclic amines) is 1. The van der Waals surface area contributed by atoms with Crippen LogP contribution < -0.4 is 10.6 Å². The van der Waals surface area contributed by atoms with Crippen molar-refractivity contribution in [2.24, 2.45) is 10.9 Å². The van der Waals surface area contributed by atoms with E-state index in [0.717, 1.165) is 70.4 Å². The summed E-state index contributed by atoms with van der Waals surface area (Å²) >= 11 is 0. The van der Waals surface area contributed by atoms with Gasteiger partial charge in [-0.15, -0.1) is 0 Å². The highest BCUT2D eigenvalue weighted by molar-refractivity contribution is 5.79. The van der Waals surface area contributed by atoms with Crippen molar-refractivity contribution in [3.05, 3.63) is 0 Å². The summed E-state index contributed by atoms with van der Waals surface area (Å²) in [5.41, 5.74) is 0. The normalized spacial score (nSPS) is 21.4. The molecule has 0 aromatic heterocycles. The highest BCUT2D eigenvalue weighted by Crippen LogP contribution is 2.26. The van der Waals surface area contributed by atoms with Crippen molar-refractivity contribution in [2.45, 2.75) is 77.2 Å². The van der Waals surface area contributed by atoms with Crippen molar-refractivity contribution < 1.29 is 5.11 Å². The maximum absolute atomic E-state index is 9.55. The summed E-state index contributed by atoms with van der Waals surface area (Å²) in [5, 5.41) is 16.4. The van der Waals surface area contributed by atoms with Gasteiger partial charge in [-0.3, -0.25) is 4.99 Å². The molecule has 3 N–H and O–H groups in total. The van der Waals surface area contributed by atoms with Crippen molar-refractivity contribution in [1.29, 1.82) is 0 Å². The van der Waals surface area contributed by atoms with Crippen molar-refractivity contribution in [2.75, 3.05) is 39.3 Å². The Kier molecular flexibility index (Phi) is 10.3. The number of aliphatic hydroxyl groups excluding tert-OH is 1. The molecule has 0 radical (unpaired) electrons. The molecule has 1 heterocycles. The minimum atomic E-state index is -0.0764. The van der Waals surface area contributed by atoms with Crippen LogP contribution in [0.4, 0.5) is 0 Å². The highest BCUT2D eigenvalue weighted by atomic mass is 16.3. The number of rotatable bonds is 9. The molecule has 1 aliphatic carbocycles. The molecule has 0 unspecified atom stereocenters. The van der Waals surface area contributed by atoms with E-state index in [1.54, 1.807) is 0 Å². The van der Waals surface area contributed by atoms with Gasteiger partial charge < -0.3 is 20.6 Å². The lowest BCUT2D eigenvalue weighted by Gasteiger charge is -2.29. The maximum Gasteiger partial charge on any atom is 0.191 e. The van der Waals surface area contributed by atoms with E-state index >= 15 is 0 Å². The molecule has 0 aromatic rings. The fraction of sp³-hybridized carbons (Fsp3) is 0.950. The molecule has 1 aliphatic heterocycles. The third-order valence-electron chi connectivity index (χ3n) is 5.61. The molecule has 146 valence electrons. The number of guanidine groups is 1. The fourth-order valence-electron chi connectivity index (χ4n) is 4.04. The Balaban J connectivity index is 1.55. The van der Waals surface area contributed by atoms with E-state index in [1.807, 2.05) is 0 Å². The van der Waals surface area contributed by atoms with E-state index in [0.29, 0.717) is 0 Å². The van der Waals surface area contributed by atoms with Crippen LogP contribution in [-0.4, -0.2) is 61.3 Å². The van der Waals surface area contributed by atoms with E-state index in [9.17, 15) is 5.11 Å². The fourth-order valence-corrected chi connectivity index (χ4v) is 4.04. The molecular weight excluding hydrogens is 312 g/mol. The van der Waals surface area contributed by atoms with Gasteiger partial charge in [0.05, 0.1) is 6.10 Å². The summed E-state index contributed by atoms with van der Waals surface area (Å²) in [6, 6.07) is 0. The summed E-state index contributed by atoms with van der Waals surface area (Å²) in [7, 11) is 0. The third-order valence-corrected chi connectivity index (χ3v) is 5.61. The molecule has 2 fully saturated rings. The molecule has 0 aromatic carbocycles. The van der Waals surface area contributed by atoms with Gasteiger partial charge in [-0.25, -0.2) is 0 Å². The van der Waals surface area contributed by atoms with Crippen LogP contribution in [0.25, 0.3) is 0 Å². The largest absolute Gasteiger partial charge is 0.393 e. The van der Waals surface area contributed by atoms with Gasteiger partial charge in [-0.05, 0) is 51.5 Å². The number of piperidine rings is 1. The first kappa shape index (κ1) is 20.5. The predicted octanol–water partition coefficient (Wildman–Crippen LogP) is 2.75. The molecule has 5 nitrogen and oxygen atoms in total. The van der Waals surface area contributed by atoms with Gasteiger partial charge in [0.15, 0.2) is 5.96 Å². The monoisotopic (exact) mass is 352 g/mol. The Morgan fingerprint density at radius 2 is 1.80 bits per heavy atom. The molecule has 2 rings (SSSR count). The quantitative estimate of drug-likeness (QED) is 0.339. The van der Waals surface area contributed by atoms with Gasteiger partial charge in [0.25, 0.3) is 0 Å². The lowest BCUT2D eigenvalue weighted by atomic mass is 9.86. The van der Waals surface area contributed by atoms with Gasteiger partial charge in [-0.1, -0.05) is 32.1 Å². The smallest absolute Gasteiger partial charge is 0.191 e. The number of nitrogens with one attached hydrogen (secondary N) is 2. The Labute approximate surface area is 154 Å². The van der Waals surface area contributed by atoms with Crippen molar-refractivity contribution in [1.82, 2.24) is 15.5 Å². The van der Waals surface area contributed by atoms with Crippen LogP contribution in [0.2, 0.25) is 0 Å². The molecule has 0 atom stereocenters. The van der Waals surface area contributed by atoms with Crippen molar-refractivity contribution >= 4 is 5.96 Å². The van der Waals surface area contributed by atoms with Crippen LogP contribution in [0.3, 0.4) is 0 Å². The second-order valence-electron chi connectivity index (χ2n) is 7.76. The third kappa shape index (κ3) is 8.91. The SMILES string of the molecule is CCNC(=NCCCN1CCC(O)CC1)NCCCC1CCCCC1. The lowest BCUT2D eigenvalue weighted by Crippen LogP contribution is -2.38. The number of aliphatic hydroxyl groups is 1. The molecule has 0 amide bonds. The highest BCUT2D eigenvalue weighted by Gasteiger charge is 2.16. The second-order valence-corrected chi connectivity index (χ2v) is 7.76. The lowest BCUT2D eigenvalue weighted by molar-refractivity contribution is 0.0824. The molecule has 0 bridgehead atoms. The zero-order chi connectivity index (χ0) is 17.7. The minimum Gasteiger partial charge on any atom is -0.393 e. The Morgan fingerprint density at radius 1 is 1.04 bits per heavy atom. The maximum atomic E-state index is 9.55. The topological polar surface area (TPSA) is 59.9 Å². The summed E-state index contributed by atoms with van der Waals surface area (Å²) < 4.78 is 0. The summed E-state index contributed by atoms with van der Waals surface area (Å²) in [5.74, 6) is 1.94. The number of hydrogen-bond acceptors (Lipinski definition) is 3. The summed E-state index contributed by atoms with van der Waals surface area (Å²) in [6.07, 6.45) is 12.7. The van der Waals surface area contributed by atoms with Crippen molar-refractivity contribution in [3.63, 3.8) is 0 Å². The van der Waals surface area contributed by atoms with E-state index in [1.165, 1.54) is 44.9 Å². The number of nitrogens with zero attached hydrogens (tertiary/aromatic N) is 2. The summed E-state index contributed by atoms with van der Waals surface area (Å²) in [4.78, 5) is 7.17. The van der Waals surface area contributed by atoms with E-state index in [4.69, 9.17) is 4.99 Å². The Hall–Kier alpha value is -0.810. The van der Waals surface area contributed by atoms with E-state index in [-0.39, 0.29) is 6.10 Å². The first-order valence-corrected chi connectivity index (χ1v) is 10.7. The molecular formula is C20H40N4O. The van der Waals surface area contributed by atoms with Gasteiger partial charge in [-0.2, -0.15) is 0 Å². The average molecular weight is 353 g/mol. The van der Waals surface area contributed by atoms with Crippen LogP contribution in [0, 0.1) is 5.92 Å². The van der Waals surface area contributed by atoms with Gasteiger partial charge >= 0.3 is 0 Å². The van der Waals surface area contributed by atoms with Crippen LogP contribution >= 0.6 is 0 Å². The molecule has 1 saturated heterocycles. The zero-order valence-electron chi connectivity index (χ0n) is 16.3. The average Bonchev–Trinajstić information content (AvgIpc) is 2.64.